The standard InChI is InChI=1S/C15H17ClFNO3/c1-3-21-14(20)15(2)7-4-8-18(15)13(19)11-6-5-10(17)9-12(11)16/h5-6,9H,3-4,7-8H2,1-2H3. The Morgan fingerprint density at radius 2 is 2.19 bits per heavy atom. The molecule has 1 fully saturated rings. The van der Waals surface area contributed by atoms with Crippen LogP contribution in [-0.2, 0) is 9.53 Å². The summed E-state index contributed by atoms with van der Waals surface area (Å²) >= 11 is 5.93. The van der Waals surface area contributed by atoms with Gasteiger partial charge in [0.15, 0.2) is 0 Å². The van der Waals surface area contributed by atoms with Gasteiger partial charge in [0, 0.05) is 6.54 Å². The minimum Gasteiger partial charge on any atom is -0.464 e. The van der Waals surface area contributed by atoms with E-state index in [2.05, 4.69) is 0 Å². The van der Waals surface area contributed by atoms with Crippen LogP contribution in [0.25, 0.3) is 0 Å². The molecule has 6 heteroatoms. The summed E-state index contributed by atoms with van der Waals surface area (Å²) in [6.45, 7) is 4.11. The average Bonchev–Trinajstić information content (AvgIpc) is 2.82. The summed E-state index contributed by atoms with van der Waals surface area (Å²) in [5.74, 6) is -1.31. The molecule has 1 aliphatic rings. The summed E-state index contributed by atoms with van der Waals surface area (Å²) in [4.78, 5) is 26.2. The van der Waals surface area contributed by atoms with E-state index in [0.29, 0.717) is 19.4 Å². The number of likely N-dealkylation sites (tertiary alicyclic amines) is 1. The molecule has 1 amide bonds. The van der Waals surface area contributed by atoms with Crippen LogP contribution in [0.5, 0.6) is 0 Å². The first-order chi connectivity index (χ1) is 9.90. The predicted octanol–water partition coefficient (Wildman–Crippen LogP) is 3.04. The lowest BCUT2D eigenvalue weighted by atomic mass is 9.98. The molecule has 4 nitrogen and oxygen atoms in total. The van der Waals surface area contributed by atoms with Gasteiger partial charge in [-0.2, -0.15) is 0 Å². The summed E-state index contributed by atoms with van der Waals surface area (Å²) in [5, 5.41) is 0.0399. The third-order valence-electron chi connectivity index (χ3n) is 3.76. The number of halogens is 2. The largest absolute Gasteiger partial charge is 0.464 e. The molecule has 1 unspecified atom stereocenters. The van der Waals surface area contributed by atoms with E-state index in [1.807, 2.05) is 0 Å². The SMILES string of the molecule is CCOC(=O)C1(C)CCCN1C(=O)c1ccc(F)cc1Cl. The van der Waals surface area contributed by atoms with Crippen LogP contribution in [0.3, 0.4) is 0 Å². The first-order valence-corrected chi connectivity index (χ1v) is 7.22. The van der Waals surface area contributed by atoms with Gasteiger partial charge < -0.3 is 9.64 Å². The minimum atomic E-state index is -0.995. The molecular weight excluding hydrogens is 297 g/mol. The minimum absolute atomic E-state index is 0.0399. The van der Waals surface area contributed by atoms with Crippen molar-refractivity contribution in [2.24, 2.45) is 0 Å². The lowest BCUT2D eigenvalue weighted by molar-refractivity contribution is -0.153. The van der Waals surface area contributed by atoms with Crippen molar-refractivity contribution >= 4 is 23.5 Å². The molecule has 0 bridgehead atoms. The van der Waals surface area contributed by atoms with Gasteiger partial charge in [0.05, 0.1) is 17.2 Å². The predicted molar refractivity (Wildman–Crippen MR) is 76.7 cm³/mol. The highest BCUT2D eigenvalue weighted by molar-refractivity contribution is 6.33. The van der Waals surface area contributed by atoms with Crippen molar-refractivity contribution in [1.82, 2.24) is 4.90 Å². The van der Waals surface area contributed by atoms with Crippen LogP contribution in [0.1, 0.15) is 37.0 Å². The van der Waals surface area contributed by atoms with Crippen molar-refractivity contribution in [3.63, 3.8) is 0 Å². The Kier molecular flexibility index (Phi) is 4.52. The number of esters is 1. The number of ether oxygens (including phenoxy) is 1. The number of carbonyl (C=O) groups is 2. The van der Waals surface area contributed by atoms with E-state index in [0.717, 1.165) is 6.07 Å². The lowest BCUT2D eigenvalue weighted by Crippen LogP contribution is -2.51. The topological polar surface area (TPSA) is 46.6 Å². The molecule has 0 radical (unpaired) electrons. The lowest BCUT2D eigenvalue weighted by Gasteiger charge is -2.33. The summed E-state index contributed by atoms with van der Waals surface area (Å²) in [6.07, 6.45) is 1.25. The summed E-state index contributed by atoms with van der Waals surface area (Å²) in [7, 11) is 0. The molecule has 1 aromatic carbocycles. The summed E-state index contributed by atoms with van der Waals surface area (Å²) in [5.41, 5.74) is -0.805. The van der Waals surface area contributed by atoms with Crippen LogP contribution in [0.4, 0.5) is 4.39 Å². The molecule has 1 aliphatic heterocycles. The van der Waals surface area contributed by atoms with Crippen LogP contribution >= 0.6 is 11.6 Å². The molecule has 1 aromatic rings. The smallest absolute Gasteiger partial charge is 0.331 e. The molecule has 0 aromatic heterocycles. The Hall–Kier alpha value is -1.62. The van der Waals surface area contributed by atoms with Crippen LogP contribution in [0, 0.1) is 5.82 Å². The number of hydrogen-bond donors (Lipinski definition) is 0. The van der Waals surface area contributed by atoms with E-state index in [1.54, 1.807) is 13.8 Å². The van der Waals surface area contributed by atoms with E-state index in [4.69, 9.17) is 16.3 Å². The third kappa shape index (κ3) is 2.88. The zero-order valence-electron chi connectivity index (χ0n) is 12.0. The van der Waals surface area contributed by atoms with E-state index in [-0.39, 0.29) is 23.1 Å². The zero-order valence-corrected chi connectivity index (χ0v) is 12.7. The van der Waals surface area contributed by atoms with Crippen molar-refractivity contribution in [2.75, 3.05) is 13.2 Å². The number of hydrogen-bond acceptors (Lipinski definition) is 3. The van der Waals surface area contributed by atoms with E-state index >= 15 is 0 Å². The maximum Gasteiger partial charge on any atom is 0.331 e. The number of rotatable bonds is 3. The highest BCUT2D eigenvalue weighted by atomic mass is 35.5. The van der Waals surface area contributed by atoms with Crippen molar-refractivity contribution in [1.29, 1.82) is 0 Å². The zero-order chi connectivity index (χ0) is 15.6. The van der Waals surface area contributed by atoms with Gasteiger partial charge in [-0.25, -0.2) is 9.18 Å². The van der Waals surface area contributed by atoms with Crippen molar-refractivity contribution in [3.05, 3.63) is 34.6 Å². The highest BCUT2D eigenvalue weighted by Crippen LogP contribution is 2.33. The first kappa shape index (κ1) is 15.8. The Bertz CT molecular complexity index is 578. The fourth-order valence-corrected chi connectivity index (χ4v) is 2.84. The van der Waals surface area contributed by atoms with Gasteiger partial charge in [-0.3, -0.25) is 4.79 Å². The third-order valence-corrected chi connectivity index (χ3v) is 4.08. The number of nitrogens with zero attached hydrogens (tertiary/aromatic N) is 1. The molecule has 0 aliphatic carbocycles. The van der Waals surface area contributed by atoms with Gasteiger partial charge in [-0.05, 0) is 44.9 Å². The summed E-state index contributed by atoms with van der Waals surface area (Å²) in [6, 6.07) is 3.60. The van der Waals surface area contributed by atoms with Crippen molar-refractivity contribution in [3.8, 4) is 0 Å². The van der Waals surface area contributed by atoms with E-state index in [9.17, 15) is 14.0 Å². The van der Waals surface area contributed by atoms with Crippen LogP contribution in [0.2, 0.25) is 5.02 Å². The van der Waals surface area contributed by atoms with E-state index < -0.39 is 17.3 Å². The van der Waals surface area contributed by atoms with Gasteiger partial charge >= 0.3 is 5.97 Å². The molecule has 114 valence electrons. The van der Waals surface area contributed by atoms with Crippen molar-refractivity contribution in [2.45, 2.75) is 32.2 Å². The van der Waals surface area contributed by atoms with Gasteiger partial charge in [0.1, 0.15) is 11.4 Å². The number of benzene rings is 1. The monoisotopic (exact) mass is 313 g/mol. The number of amides is 1. The average molecular weight is 314 g/mol. The highest BCUT2D eigenvalue weighted by Gasteiger charge is 2.47. The van der Waals surface area contributed by atoms with Crippen molar-refractivity contribution < 1.29 is 18.7 Å². The van der Waals surface area contributed by atoms with Gasteiger partial charge in [-0.1, -0.05) is 11.6 Å². The Balaban J connectivity index is 2.31. The normalized spacial score (nSPS) is 21.4. The fraction of sp³-hybridized carbons (Fsp3) is 0.467. The quantitative estimate of drug-likeness (QED) is 0.806. The number of carbonyl (C=O) groups excluding carboxylic acids is 2. The maximum atomic E-state index is 13.1. The second-order valence-electron chi connectivity index (χ2n) is 5.18. The van der Waals surface area contributed by atoms with E-state index in [1.165, 1.54) is 17.0 Å². The Labute approximate surface area is 127 Å². The van der Waals surface area contributed by atoms with Gasteiger partial charge in [0.25, 0.3) is 5.91 Å². The van der Waals surface area contributed by atoms with Gasteiger partial charge in [0.2, 0.25) is 0 Å². The molecule has 1 heterocycles. The molecular formula is C15H17ClFNO3. The molecule has 2 rings (SSSR count). The van der Waals surface area contributed by atoms with Crippen LogP contribution in [-0.4, -0.2) is 35.5 Å². The van der Waals surface area contributed by atoms with Crippen LogP contribution < -0.4 is 0 Å². The first-order valence-electron chi connectivity index (χ1n) is 6.84. The molecule has 21 heavy (non-hydrogen) atoms. The Morgan fingerprint density at radius 3 is 2.81 bits per heavy atom. The molecule has 1 saturated heterocycles. The second-order valence-corrected chi connectivity index (χ2v) is 5.59. The maximum absolute atomic E-state index is 13.1. The Morgan fingerprint density at radius 1 is 1.48 bits per heavy atom. The second kappa shape index (κ2) is 6.02. The summed E-state index contributed by atoms with van der Waals surface area (Å²) < 4.78 is 18.2. The molecule has 0 saturated carbocycles. The molecule has 0 N–H and O–H groups in total. The molecule has 1 atom stereocenters. The molecule has 0 spiro atoms. The van der Waals surface area contributed by atoms with Gasteiger partial charge in [-0.15, -0.1) is 0 Å². The fourth-order valence-electron chi connectivity index (χ4n) is 2.60. The van der Waals surface area contributed by atoms with Crippen LogP contribution in [0.15, 0.2) is 18.2 Å².